The van der Waals surface area contributed by atoms with Crippen molar-refractivity contribution in [3.63, 3.8) is 0 Å². The van der Waals surface area contributed by atoms with Crippen molar-refractivity contribution in [2.75, 3.05) is 11.9 Å². The lowest BCUT2D eigenvalue weighted by atomic mass is 10.1. The maximum Gasteiger partial charge on any atom is 0.257 e. The first-order valence-corrected chi connectivity index (χ1v) is 7.53. The van der Waals surface area contributed by atoms with Crippen LogP contribution in [0.5, 0.6) is 0 Å². The van der Waals surface area contributed by atoms with Crippen molar-refractivity contribution in [3.05, 3.63) is 63.4 Å². The predicted octanol–water partition coefficient (Wildman–Crippen LogP) is 4.92. The number of hydrogen-bond donors (Lipinski definition) is 2. The minimum atomic E-state index is -0.683. The van der Waals surface area contributed by atoms with E-state index in [1.165, 1.54) is 6.07 Å². The molecule has 7 heteroatoms. The van der Waals surface area contributed by atoms with E-state index in [2.05, 4.69) is 10.6 Å². The second kappa shape index (κ2) is 9.08. The smallest absolute Gasteiger partial charge is 0.257 e. The molecule has 0 aromatic heterocycles. The van der Waals surface area contributed by atoms with E-state index < -0.39 is 11.7 Å². The highest BCUT2D eigenvalue weighted by Crippen LogP contribution is 2.25. The van der Waals surface area contributed by atoms with Crippen LogP contribution >= 0.6 is 35.6 Å². The highest BCUT2D eigenvalue weighted by atomic mass is 35.5. The highest BCUT2D eigenvalue weighted by Gasteiger charge is 2.15. The lowest BCUT2D eigenvalue weighted by Crippen LogP contribution is -2.17. The molecule has 0 saturated heterocycles. The first kappa shape index (κ1) is 19.7. The standard InChI is InChI=1S/C16H15Cl2FN2O.ClH/c1-2-20-9-10-5-3-4-6-15(10)21-16(22)11-7-14(19)13(18)8-12(11)17;/h3-8,20H,2,9H2,1H3,(H,21,22);1H. The summed E-state index contributed by atoms with van der Waals surface area (Å²) < 4.78 is 13.5. The molecule has 0 spiro atoms. The van der Waals surface area contributed by atoms with E-state index in [9.17, 15) is 9.18 Å². The molecule has 0 aliphatic rings. The molecule has 2 aromatic carbocycles. The summed E-state index contributed by atoms with van der Waals surface area (Å²) in [5.74, 6) is -1.17. The minimum absolute atomic E-state index is 0. The van der Waals surface area contributed by atoms with Gasteiger partial charge in [0.15, 0.2) is 0 Å². The summed E-state index contributed by atoms with van der Waals surface area (Å²) in [7, 11) is 0. The van der Waals surface area contributed by atoms with E-state index in [4.69, 9.17) is 23.2 Å². The van der Waals surface area contributed by atoms with Crippen molar-refractivity contribution in [2.45, 2.75) is 13.5 Å². The molecular formula is C16H16Cl3FN2O. The van der Waals surface area contributed by atoms with Gasteiger partial charge in [-0.05, 0) is 30.3 Å². The summed E-state index contributed by atoms with van der Waals surface area (Å²) in [6, 6.07) is 9.64. The van der Waals surface area contributed by atoms with Crippen LogP contribution in [0.1, 0.15) is 22.8 Å². The number of para-hydroxylation sites is 1. The van der Waals surface area contributed by atoms with Crippen molar-refractivity contribution in [2.24, 2.45) is 0 Å². The molecule has 0 heterocycles. The van der Waals surface area contributed by atoms with Crippen LogP contribution in [0.25, 0.3) is 0 Å². The van der Waals surface area contributed by atoms with E-state index in [1.54, 1.807) is 6.07 Å². The lowest BCUT2D eigenvalue weighted by Gasteiger charge is -2.12. The molecule has 0 unspecified atom stereocenters. The molecule has 1 amide bonds. The molecule has 2 rings (SSSR count). The van der Waals surface area contributed by atoms with Crippen molar-refractivity contribution in [3.8, 4) is 0 Å². The Hall–Kier alpha value is -1.33. The van der Waals surface area contributed by atoms with Crippen LogP contribution in [-0.2, 0) is 6.54 Å². The zero-order valence-electron chi connectivity index (χ0n) is 12.3. The number of benzene rings is 2. The number of rotatable bonds is 5. The summed E-state index contributed by atoms with van der Waals surface area (Å²) in [6.07, 6.45) is 0. The van der Waals surface area contributed by atoms with Gasteiger partial charge in [-0.15, -0.1) is 12.4 Å². The van der Waals surface area contributed by atoms with Crippen LogP contribution in [0.3, 0.4) is 0 Å². The molecule has 2 aromatic rings. The van der Waals surface area contributed by atoms with Crippen LogP contribution in [-0.4, -0.2) is 12.5 Å². The van der Waals surface area contributed by atoms with Crippen molar-refractivity contribution in [1.82, 2.24) is 5.32 Å². The summed E-state index contributed by atoms with van der Waals surface area (Å²) >= 11 is 11.6. The molecule has 0 radical (unpaired) electrons. The molecule has 0 bridgehead atoms. The SMILES string of the molecule is CCNCc1ccccc1NC(=O)c1cc(F)c(Cl)cc1Cl.Cl. The molecule has 0 atom stereocenters. The highest BCUT2D eigenvalue weighted by molar-refractivity contribution is 6.37. The predicted molar refractivity (Wildman–Crippen MR) is 95.4 cm³/mol. The summed E-state index contributed by atoms with van der Waals surface area (Å²) in [6.45, 7) is 3.43. The minimum Gasteiger partial charge on any atom is -0.322 e. The third kappa shape index (κ3) is 5.08. The number of nitrogens with one attached hydrogen (secondary N) is 2. The van der Waals surface area contributed by atoms with Crippen LogP contribution in [0.15, 0.2) is 36.4 Å². The molecule has 0 aliphatic carbocycles. The van der Waals surface area contributed by atoms with E-state index in [1.807, 2.05) is 25.1 Å². The Balaban J connectivity index is 0.00000264. The first-order chi connectivity index (χ1) is 10.5. The number of halogens is 4. The molecular weight excluding hydrogens is 362 g/mol. The molecule has 23 heavy (non-hydrogen) atoms. The molecule has 124 valence electrons. The average Bonchev–Trinajstić information content (AvgIpc) is 2.50. The number of carbonyl (C=O) groups is 1. The van der Waals surface area contributed by atoms with E-state index in [0.717, 1.165) is 18.2 Å². The fourth-order valence-electron chi connectivity index (χ4n) is 1.94. The molecule has 3 nitrogen and oxygen atoms in total. The Morgan fingerprint density at radius 3 is 2.57 bits per heavy atom. The van der Waals surface area contributed by atoms with E-state index >= 15 is 0 Å². The van der Waals surface area contributed by atoms with Crippen LogP contribution in [0.2, 0.25) is 10.0 Å². The van der Waals surface area contributed by atoms with Gasteiger partial charge in [0.25, 0.3) is 5.91 Å². The van der Waals surface area contributed by atoms with Gasteiger partial charge >= 0.3 is 0 Å². The van der Waals surface area contributed by atoms with Gasteiger partial charge in [-0.25, -0.2) is 4.39 Å². The normalized spacial score (nSPS) is 10.1. The van der Waals surface area contributed by atoms with Gasteiger partial charge in [-0.1, -0.05) is 48.3 Å². The Kier molecular flexibility index (Phi) is 7.79. The summed E-state index contributed by atoms with van der Waals surface area (Å²) in [5.41, 5.74) is 1.63. The van der Waals surface area contributed by atoms with Gasteiger partial charge in [-0.3, -0.25) is 4.79 Å². The average molecular weight is 378 g/mol. The number of carbonyl (C=O) groups excluding carboxylic acids is 1. The molecule has 2 N–H and O–H groups in total. The summed E-state index contributed by atoms with van der Waals surface area (Å²) in [5, 5.41) is 5.93. The Morgan fingerprint density at radius 1 is 1.17 bits per heavy atom. The summed E-state index contributed by atoms with van der Waals surface area (Å²) in [4.78, 5) is 12.3. The van der Waals surface area contributed by atoms with Crippen molar-refractivity contribution < 1.29 is 9.18 Å². The van der Waals surface area contributed by atoms with Crippen molar-refractivity contribution >= 4 is 47.2 Å². The maximum absolute atomic E-state index is 13.5. The second-order valence-electron chi connectivity index (χ2n) is 4.64. The fraction of sp³-hybridized carbons (Fsp3) is 0.188. The zero-order chi connectivity index (χ0) is 16.1. The monoisotopic (exact) mass is 376 g/mol. The van der Waals surface area contributed by atoms with Gasteiger partial charge in [0, 0.05) is 12.2 Å². The number of anilines is 1. The van der Waals surface area contributed by atoms with Crippen LogP contribution in [0, 0.1) is 5.82 Å². The van der Waals surface area contributed by atoms with E-state index in [-0.39, 0.29) is 28.0 Å². The topological polar surface area (TPSA) is 41.1 Å². The molecule has 0 saturated carbocycles. The van der Waals surface area contributed by atoms with Crippen LogP contribution < -0.4 is 10.6 Å². The Labute approximate surface area is 150 Å². The van der Waals surface area contributed by atoms with Gasteiger partial charge in [0.2, 0.25) is 0 Å². The fourth-order valence-corrected chi connectivity index (χ4v) is 2.41. The van der Waals surface area contributed by atoms with Gasteiger partial charge in [0.05, 0.1) is 15.6 Å². The van der Waals surface area contributed by atoms with Gasteiger partial charge < -0.3 is 10.6 Å². The van der Waals surface area contributed by atoms with Gasteiger partial charge in [-0.2, -0.15) is 0 Å². The van der Waals surface area contributed by atoms with Crippen LogP contribution in [0.4, 0.5) is 10.1 Å². The third-order valence-corrected chi connectivity index (χ3v) is 3.69. The maximum atomic E-state index is 13.5. The van der Waals surface area contributed by atoms with Gasteiger partial charge in [0.1, 0.15) is 5.82 Å². The number of hydrogen-bond acceptors (Lipinski definition) is 2. The quantitative estimate of drug-likeness (QED) is 0.726. The van der Waals surface area contributed by atoms with Crippen molar-refractivity contribution in [1.29, 1.82) is 0 Å². The number of amides is 1. The zero-order valence-corrected chi connectivity index (χ0v) is 14.7. The Bertz CT molecular complexity index is 695. The molecule has 0 fully saturated rings. The Morgan fingerprint density at radius 2 is 1.87 bits per heavy atom. The van der Waals surface area contributed by atoms with E-state index in [0.29, 0.717) is 12.2 Å². The lowest BCUT2D eigenvalue weighted by molar-refractivity contribution is 0.102. The third-order valence-electron chi connectivity index (χ3n) is 3.09. The largest absolute Gasteiger partial charge is 0.322 e. The second-order valence-corrected chi connectivity index (χ2v) is 5.45. The molecule has 0 aliphatic heterocycles. The first-order valence-electron chi connectivity index (χ1n) is 6.77.